The Labute approximate surface area is 261 Å². The number of amides is 1. The minimum absolute atomic E-state index is 0.0126. The number of fused-ring (bicyclic) bond motifs is 1. The van der Waals surface area contributed by atoms with Crippen LogP contribution in [-0.2, 0) is 10.9 Å². The van der Waals surface area contributed by atoms with Crippen molar-refractivity contribution < 1.29 is 31.8 Å². The summed E-state index contributed by atoms with van der Waals surface area (Å²) in [7, 11) is 1.51. The summed E-state index contributed by atoms with van der Waals surface area (Å²) in [4.78, 5) is 26.5. The van der Waals surface area contributed by atoms with Gasteiger partial charge in [-0.2, -0.15) is 17.6 Å². The Morgan fingerprint density at radius 1 is 0.978 bits per heavy atom. The second-order valence-corrected chi connectivity index (χ2v) is 10.9. The van der Waals surface area contributed by atoms with Crippen LogP contribution in [-0.4, -0.2) is 47.2 Å². The zero-order valence-electron chi connectivity index (χ0n) is 24.9. The van der Waals surface area contributed by atoms with E-state index < -0.39 is 23.6 Å². The average molecular weight is 632 g/mol. The number of ether oxygens (including phenoxy) is 2. The number of benzene rings is 3. The van der Waals surface area contributed by atoms with Crippen LogP contribution in [0.15, 0.2) is 73.1 Å². The summed E-state index contributed by atoms with van der Waals surface area (Å²) in [5, 5.41) is 6.60. The molecule has 1 aliphatic rings. The van der Waals surface area contributed by atoms with Crippen LogP contribution in [0, 0.1) is 12.9 Å². The highest BCUT2D eigenvalue weighted by Crippen LogP contribution is 2.45. The van der Waals surface area contributed by atoms with Crippen molar-refractivity contribution in [3.8, 4) is 28.0 Å². The zero-order valence-corrected chi connectivity index (χ0v) is 24.9. The number of carbonyl (C=O) groups excluding carboxylic acids is 1. The Morgan fingerprint density at radius 3 is 2.50 bits per heavy atom. The van der Waals surface area contributed by atoms with Crippen molar-refractivity contribution in [2.75, 3.05) is 31.0 Å². The van der Waals surface area contributed by atoms with Gasteiger partial charge in [-0.25, -0.2) is 15.0 Å². The zero-order chi connectivity index (χ0) is 32.4. The van der Waals surface area contributed by atoms with Gasteiger partial charge in [0.05, 0.1) is 23.8 Å². The van der Waals surface area contributed by atoms with Gasteiger partial charge in [-0.3, -0.25) is 4.79 Å². The maximum Gasteiger partial charge on any atom is 0.416 e. The Morgan fingerprint density at radius 2 is 1.78 bits per heavy atom. The van der Waals surface area contributed by atoms with Crippen molar-refractivity contribution >= 4 is 28.4 Å². The summed E-state index contributed by atoms with van der Waals surface area (Å²) in [6.07, 6.45) is 0.168. The molecule has 3 heterocycles. The first-order valence-electron chi connectivity index (χ1n) is 14.5. The normalized spacial score (nSPS) is 13.9. The standard InChI is InChI=1S/C34H29F4N5O3/c1-19-6-7-20(32(44)41-25-5-3-4-23(16-25)34(36,37)38)14-26(19)27-15-22-18-40-33(42-24-10-12-46-13-11-24)43-30(22)29(31(27)45-2)21-8-9-28(35)39-17-21/h3-9,14-18,24H,10-13H2,1-2H3,(H,41,44)(H,40,42,43). The van der Waals surface area contributed by atoms with E-state index in [4.69, 9.17) is 14.5 Å². The van der Waals surface area contributed by atoms with E-state index in [9.17, 15) is 22.4 Å². The number of halogens is 4. The van der Waals surface area contributed by atoms with E-state index in [-0.39, 0.29) is 17.3 Å². The molecule has 2 N–H and O–H groups in total. The fourth-order valence-corrected chi connectivity index (χ4v) is 5.49. The number of hydrogen-bond donors (Lipinski definition) is 2. The van der Waals surface area contributed by atoms with E-state index in [2.05, 4.69) is 20.6 Å². The molecule has 5 aromatic rings. The lowest BCUT2D eigenvalue weighted by Crippen LogP contribution is -2.28. The molecule has 46 heavy (non-hydrogen) atoms. The predicted octanol–water partition coefficient (Wildman–Crippen LogP) is 7.68. The first-order chi connectivity index (χ1) is 22.1. The van der Waals surface area contributed by atoms with Crippen LogP contribution < -0.4 is 15.4 Å². The molecule has 8 nitrogen and oxygen atoms in total. The molecule has 1 amide bonds. The number of pyridine rings is 1. The van der Waals surface area contributed by atoms with Crippen LogP contribution in [0.1, 0.15) is 34.3 Å². The molecule has 1 saturated heterocycles. The van der Waals surface area contributed by atoms with Crippen LogP contribution >= 0.6 is 0 Å². The number of rotatable bonds is 7. The molecular formula is C34H29F4N5O3. The van der Waals surface area contributed by atoms with E-state index in [0.29, 0.717) is 58.1 Å². The van der Waals surface area contributed by atoms with Gasteiger partial charge in [-0.05, 0) is 79.4 Å². The van der Waals surface area contributed by atoms with E-state index in [0.717, 1.165) is 30.5 Å². The Bertz CT molecular complexity index is 1910. The maximum absolute atomic E-state index is 13.9. The SMILES string of the molecule is COc1c(-c2cc(C(=O)Nc3cccc(C(F)(F)F)c3)ccc2C)cc2cnc(NC3CCOCC3)nc2c1-c1ccc(F)nc1. The van der Waals surface area contributed by atoms with E-state index in [1.54, 1.807) is 30.5 Å². The maximum atomic E-state index is 13.9. The predicted molar refractivity (Wildman–Crippen MR) is 166 cm³/mol. The van der Waals surface area contributed by atoms with Gasteiger partial charge in [0.1, 0.15) is 5.75 Å². The topological polar surface area (TPSA) is 98.3 Å². The number of nitrogens with zero attached hydrogens (tertiary/aromatic N) is 3. The fourth-order valence-electron chi connectivity index (χ4n) is 5.49. The first kappa shape index (κ1) is 30.9. The minimum atomic E-state index is -4.55. The molecule has 1 fully saturated rings. The monoisotopic (exact) mass is 631 g/mol. The lowest BCUT2D eigenvalue weighted by molar-refractivity contribution is -0.137. The smallest absolute Gasteiger partial charge is 0.416 e. The van der Waals surface area contributed by atoms with Crippen molar-refractivity contribution in [3.05, 3.63) is 95.7 Å². The van der Waals surface area contributed by atoms with Gasteiger partial charge >= 0.3 is 6.18 Å². The van der Waals surface area contributed by atoms with Gasteiger partial charge < -0.3 is 20.1 Å². The van der Waals surface area contributed by atoms with Gasteiger partial charge in [-0.15, -0.1) is 0 Å². The Balaban J connectivity index is 1.45. The molecule has 0 bridgehead atoms. The third kappa shape index (κ3) is 6.47. The summed E-state index contributed by atoms with van der Waals surface area (Å²) in [5.41, 5.74) is 3.06. The number of alkyl halides is 3. The van der Waals surface area contributed by atoms with E-state index in [1.165, 1.54) is 31.5 Å². The molecule has 6 rings (SSSR count). The summed E-state index contributed by atoms with van der Waals surface area (Å²) in [5.74, 6) is -0.393. The average Bonchev–Trinajstić information content (AvgIpc) is 3.05. The highest BCUT2D eigenvalue weighted by atomic mass is 19.4. The molecule has 12 heteroatoms. The first-order valence-corrected chi connectivity index (χ1v) is 14.5. The van der Waals surface area contributed by atoms with Crippen molar-refractivity contribution in [1.82, 2.24) is 15.0 Å². The molecule has 1 aliphatic heterocycles. The number of nitrogens with one attached hydrogen (secondary N) is 2. The lowest BCUT2D eigenvalue weighted by Gasteiger charge is -2.23. The number of aryl methyl sites for hydroxylation is 1. The van der Waals surface area contributed by atoms with Gasteiger partial charge in [0.2, 0.25) is 11.9 Å². The summed E-state index contributed by atoms with van der Waals surface area (Å²) in [6.45, 7) is 3.15. The van der Waals surface area contributed by atoms with Crippen LogP contribution in [0.25, 0.3) is 33.2 Å². The Kier molecular flexibility index (Phi) is 8.55. The van der Waals surface area contributed by atoms with Crippen molar-refractivity contribution in [3.63, 3.8) is 0 Å². The molecule has 236 valence electrons. The van der Waals surface area contributed by atoms with Gasteiger partial charge in [0, 0.05) is 59.4 Å². The molecular weight excluding hydrogens is 602 g/mol. The number of carbonyl (C=O) groups is 1. The van der Waals surface area contributed by atoms with Crippen molar-refractivity contribution in [2.24, 2.45) is 0 Å². The van der Waals surface area contributed by atoms with Crippen molar-refractivity contribution in [2.45, 2.75) is 32.0 Å². The van der Waals surface area contributed by atoms with Gasteiger partial charge in [0.25, 0.3) is 5.91 Å². The molecule has 0 radical (unpaired) electrons. The number of hydrogen-bond acceptors (Lipinski definition) is 7. The highest BCUT2D eigenvalue weighted by Gasteiger charge is 2.30. The fraction of sp³-hybridized carbons (Fsp3) is 0.235. The molecule has 2 aromatic heterocycles. The number of methoxy groups -OCH3 is 1. The van der Waals surface area contributed by atoms with E-state index >= 15 is 0 Å². The summed E-state index contributed by atoms with van der Waals surface area (Å²) >= 11 is 0. The molecule has 0 saturated carbocycles. The second-order valence-electron chi connectivity index (χ2n) is 10.9. The largest absolute Gasteiger partial charge is 0.495 e. The van der Waals surface area contributed by atoms with Gasteiger partial charge in [-0.1, -0.05) is 12.1 Å². The lowest BCUT2D eigenvalue weighted by atomic mass is 9.91. The molecule has 0 atom stereocenters. The quantitative estimate of drug-likeness (QED) is 0.141. The molecule has 0 aliphatic carbocycles. The van der Waals surface area contributed by atoms with Crippen molar-refractivity contribution in [1.29, 1.82) is 0 Å². The third-order valence-electron chi connectivity index (χ3n) is 7.84. The Hall–Kier alpha value is -5.10. The highest BCUT2D eigenvalue weighted by molar-refractivity contribution is 6.06. The van der Waals surface area contributed by atoms with Gasteiger partial charge in [0.15, 0.2) is 0 Å². The van der Waals surface area contributed by atoms with Crippen LogP contribution in [0.5, 0.6) is 5.75 Å². The number of anilines is 2. The third-order valence-corrected chi connectivity index (χ3v) is 7.84. The van der Waals surface area contributed by atoms with Crippen LogP contribution in [0.4, 0.5) is 29.2 Å². The minimum Gasteiger partial charge on any atom is -0.495 e. The van der Waals surface area contributed by atoms with E-state index in [1.807, 2.05) is 13.0 Å². The molecule has 0 unspecified atom stereocenters. The molecule has 0 spiro atoms. The van der Waals surface area contributed by atoms with Crippen LogP contribution in [0.2, 0.25) is 0 Å². The molecule has 3 aromatic carbocycles. The van der Waals surface area contributed by atoms with Crippen LogP contribution in [0.3, 0.4) is 0 Å². The number of aromatic nitrogens is 3. The summed E-state index contributed by atoms with van der Waals surface area (Å²) < 4.78 is 65.0. The summed E-state index contributed by atoms with van der Waals surface area (Å²) in [6, 6.07) is 14.3. The second kappa shape index (κ2) is 12.7.